The second-order valence-electron chi connectivity index (χ2n) is 5.27. The summed E-state index contributed by atoms with van der Waals surface area (Å²) in [6.45, 7) is 6.59. The quantitative estimate of drug-likeness (QED) is 0.720. The number of aryl methyl sites for hydroxylation is 2. The SMILES string of the molecule is Cc1ccc(C)c(OC2CCC(C)CC2)c1. The first-order valence-electron chi connectivity index (χ1n) is 6.39. The van der Waals surface area contributed by atoms with Gasteiger partial charge in [0, 0.05) is 0 Å². The molecule has 0 atom stereocenters. The monoisotopic (exact) mass is 218 g/mol. The van der Waals surface area contributed by atoms with Crippen molar-refractivity contribution < 1.29 is 4.74 Å². The molecule has 0 saturated heterocycles. The Bertz CT molecular complexity index is 348. The molecule has 2 rings (SSSR count). The predicted molar refractivity (Wildman–Crippen MR) is 68.0 cm³/mol. The van der Waals surface area contributed by atoms with E-state index in [1.165, 1.54) is 36.8 Å². The summed E-state index contributed by atoms with van der Waals surface area (Å²) < 4.78 is 6.12. The number of hydrogen-bond acceptors (Lipinski definition) is 1. The highest BCUT2D eigenvalue weighted by molar-refractivity contribution is 5.36. The van der Waals surface area contributed by atoms with Crippen molar-refractivity contribution in [3.8, 4) is 5.75 Å². The zero-order valence-corrected chi connectivity index (χ0v) is 10.6. The van der Waals surface area contributed by atoms with Gasteiger partial charge in [-0.25, -0.2) is 0 Å². The first kappa shape index (κ1) is 11.5. The van der Waals surface area contributed by atoms with Crippen molar-refractivity contribution in [1.82, 2.24) is 0 Å². The Morgan fingerprint density at radius 1 is 1.06 bits per heavy atom. The average Bonchev–Trinajstić information content (AvgIpc) is 2.27. The smallest absolute Gasteiger partial charge is 0.122 e. The second kappa shape index (κ2) is 4.90. The summed E-state index contributed by atoms with van der Waals surface area (Å²) in [5.41, 5.74) is 2.54. The molecule has 1 fully saturated rings. The molecule has 1 aliphatic carbocycles. The predicted octanol–water partition coefficient (Wildman–Crippen LogP) is 4.26. The zero-order valence-electron chi connectivity index (χ0n) is 10.6. The van der Waals surface area contributed by atoms with Crippen molar-refractivity contribution in [2.24, 2.45) is 5.92 Å². The number of ether oxygens (including phenoxy) is 1. The van der Waals surface area contributed by atoms with Gasteiger partial charge in [0.25, 0.3) is 0 Å². The fourth-order valence-corrected chi connectivity index (χ4v) is 2.36. The molecular formula is C15H22O. The Hall–Kier alpha value is -0.980. The van der Waals surface area contributed by atoms with E-state index in [0.29, 0.717) is 6.10 Å². The Balaban J connectivity index is 2.00. The molecular weight excluding hydrogens is 196 g/mol. The molecule has 0 spiro atoms. The molecule has 0 aromatic heterocycles. The van der Waals surface area contributed by atoms with Gasteiger partial charge in [0.05, 0.1) is 6.10 Å². The Morgan fingerprint density at radius 2 is 1.75 bits per heavy atom. The van der Waals surface area contributed by atoms with E-state index in [1.54, 1.807) is 0 Å². The van der Waals surface area contributed by atoms with E-state index in [2.05, 4.69) is 39.0 Å². The summed E-state index contributed by atoms with van der Waals surface area (Å²) in [6.07, 6.45) is 5.51. The van der Waals surface area contributed by atoms with E-state index in [1.807, 2.05) is 0 Å². The van der Waals surface area contributed by atoms with Crippen LogP contribution < -0.4 is 4.74 Å². The molecule has 1 aliphatic rings. The van der Waals surface area contributed by atoms with Crippen LogP contribution in [0.1, 0.15) is 43.7 Å². The van der Waals surface area contributed by atoms with E-state index in [-0.39, 0.29) is 0 Å². The number of hydrogen-bond donors (Lipinski definition) is 0. The lowest BCUT2D eigenvalue weighted by molar-refractivity contribution is 0.134. The minimum absolute atomic E-state index is 0.441. The van der Waals surface area contributed by atoms with Crippen LogP contribution in [0, 0.1) is 19.8 Å². The van der Waals surface area contributed by atoms with E-state index in [9.17, 15) is 0 Å². The first-order chi connectivity index (χ1) is 7.65. The third-order valence-electron chi connectivity index (χ3n) is 3.60. The van der Waals surface area contributed by atoms with Gasteiger partial charge in [0.15, 0.2) is 0 Å². The molecule has 1 saturated carbocycles. The Labute approximate surface area is 98.8 Å². The van der Waals surface area contributed by atoms with Crippen molar-refractivity contribution in [1.29, 1.82) is 0 Å². The molecule has 1 heteroatoms. The van der Waals surface area contributed by atoms with Crippen LogP contribution in [0.5, 0.6) is 5.75 Å². The van der Waals surface area contributed by atoms with E-state index >= 15 is 0 Å². The van der Waals surface area contributed by atoms with Gasteiger partial charge in [0.2, 0.25) is 0 Å². The lowest BCUT2D eigenvalue weighted by atomic mass is 9.89. The van der Waals surface area contributed by atoms with Crippen LogP contribution in [-0.2, 0) is 0 Å². The van der Waals surface area contributed by atoms with Gasteiger partial charge in [-0.05, 0) is 62.6 Å². The van der Waals surface area contributed by atoms with Crippen molar-refractivity contribution in [2.75, 3.05) is 0 Å². The maximum atomic E-state index is 6.12. The average molecular weight is 218 g/mol. The molecule has 0 N–H and O–H groups in total. The number of benzene rings is 1. The molecule has 88 valence electrons. The fraction of sp³-hybridized carbons (Fsp3) is 0.600. The second-order valence-corrected chi connectivity index (χ2v) is 5.27. The van der Waals surface area contributed by atoms with Crippen LogP contribution in [0.15, 0.2) is 18.2 Å². The maximum Gasteiger partial charge on any atom is 0.122 e. The fourth-order valence-electron chi connectivity index (χ4n) is 2.36. The largest absolute Gasteiger partial charge is 0.490 e. The minimum Gasteiger partial charge on any atom is -0.490 e. The van der Waals surface area contributed by atoms with Gasteiger partial charge in [0.1, 0.15) is 5.75 Å². The van der Waals surface area contributed by atoms with Gasteiger partial charge < -0.3 is 4.74 Å². The van der Waals surface area contributed by atoms with Crippen LogP contribution in [0.3, 0.4) is 0 Å². The van der Waals surface area contributed by atoms with E-state index in [4.69, 9.17) is 4.74 Å². The van der Waals surface area contributed by atoms with Gasteiger partial charge >= 0.3 is 0 Å². The summed E-state index contributed by atoms with van der Waals surface area (Å²) >= 11 is 0. The maximum absolute atomic E-state index is 6.12. The third kappa shape index (κ3) is 2.78. The molecule has 16 heavy (non-hydrogen) atoms. The molecule has 0 unspecified atom stereocenters. The van der Waals surface area contributed by atoms with Gasteiger partial charge in [-0.3, -0.25) is 0 Å². The zero-order chi connectivity index (χ0) is 11.5. The van der Waals surface area contributed by atoms with Crippen molar-refractivity contribution in [3.05, 3.63) is 29.3 Å². The topological polar surface area (TPSA) is 9.23 Å². The molecule has 0 radical (unpaired) electrons. The third-order valence-corrected chi connectivity index (χ3v) is 3.60. The number of rotatable bonds is 2. The van der Waals surface area contributed by atoms with E-state index < -0.39 is 0 Å². The summed E-state index contributed by atoms with van der Waals surface area (Å²) in [5.74, 6) is 1.97. The Kier molecular flexibility index (Phi) is 3.52. The molecule has 0 bridgehead atoms. The molecule has 0 aliphatic heterocycles. The van der Waals surface area contributed by atoms with Crippen LogP contribution in [-0.4, -0.2) is 6.10 Å². The van der Waals surface area contributed by atoms with Gasteiger partial charge in [-0.2, -0.15) is 0 Å². The van der Waals surface area contributed by atoms with E-state index in [0.717, 1.165) is 11.7 Å². The molecule has 0 amide bonds. The first-order valence-corrected chi connectivity index (χ1v) is 6.39. The summed E-state index contributed by atoms with van der Waals surface area (Å²) in [5, 5.41) is 0. The normalized spacial score (nSPS) is 25.4. The van der Waals surface area contributed by atoms with Crippen molar-refractivity contribution in [2.45, 2.75) is 52.6 Å². The summed E-state index contributed by atoms with van der Waals surface area (Å²) in [6, 6.07) is 6.45. The van der Waals surface area contributed by atoms with Crippen molar-refractivity contribution >= 4 is 0 Å². The summed E-state index contributed by atoms with van der Waals surface area (Å²) in [4.78, 5) is 0. The summed E-state index contributed by atoms with van der Waals surface area (Å²) in [7, 11) is 0. The molecule has 1 aromatic carbocycles. The van der Waals surface area contributed by atoms with Gasteiger partial charge in [-0.15, -0.1) is 0 Å². The van der Waals surface area contributed by atoms with Crippen LogP contribution in [0.2, 0.25) is 0 Å². The molecule has 1 nitrogen and oxygen atoms in total. The van der Waals surface area contributed by atoms with Crippen LogP contribution in [0.25, 0.3) is 0 Å². The Morgan fingerprint density at radius 3 is 2.44 bits per heavy atom. The molecule has 0 heterocycles. The highest BCUT2D eigenvalue weighted by Crippen LogP contribution is 2.28. The van der Waals surface area contributed by atoms with Crippen LogP contribution in [0.4, 0.5) is 0 Å². The standard InChI is InChI=1S/C15H22O/c1-11-5-8-14(9-6-11)16-15-10-12(2)4-7-13(15)3/h4,7,10-11,14H,5-6,8-9H2,1-3H3. The highest BCUT2D eigenvalue weighted by atomic mass is 16.5. The highest BCUT2D eigenvalue weighted by Gasteiger charge is 2.19. The van der Waals surface area contributed by atoms with Crippen molar-refractivity contribution in [3.63, 3.8) is 0 Å². The lowest BCUT2D eigenvalue weighted by Gasteiger charge is -2.27. The molecule has 1 aromatic rings. The van der Waals surface area contributed by atoms with Crippen LogP contribution >= 0.6 is 0 Å². The van der Waals surface area contributed by atoms with Gasteiger partial charge in [-0.1, -0.05) is 19.1 Å². The lowest BCUT2D eigenvalue weighted by Crippen LogP contribution is -2.23. The minimum atomic E-state index is 0.441.